The molecule has 0 bridgehead atoms. The topological polar surface area (TPSA) is 64.7 Å². The van der Waals surface area contributed by atoms with E-state index in [-0.39, 0.29) is 5.91 Å². The Hall–Kier alpha value is -3.67. The van der Waals surface area contributed by atoms with Gasteiger partial charge in [0.1, 0.15) is 5.56 Å². The van der Waals surface area contributed by atoms with Crippen molar-refractivity contribution in [2.75, 3.05) is 5.32 Å². The van der Waals surface area contributed by atoms with Crippen LogP contribution in [0, 0.1) is 0 Å². The molecule has 0 saturated heterocycles. The average molecular weight is 329 g/mol. The van der Waals surface area contributed by atoms with Crippen molar-refractivity contribution in [1.29, 1.82) is 0 Å². The number of para-hydroxylation sites is 1. The Balaban J connectivity index is 1.78. The number of pyridine rings is 1. The SMILES string of the molecule is O=C(Nc1ccncc1)c1cnn(-c2ccccc2)c1-n1cccc1. The van der Waals surface area contributed by atoms with Gasteiger partial charge in [0.05, 0.1) is 11.9 Å². The highest BCUT2D eigenvalue weighted by atomic mass is 16.1. The van der Waals surface area contributed by atoms with E-state index in [0.29, 0.717) is 17.1 Å². The second-order valence-electron chi connectivity index (χ2n) is 5.41. The Morgan fingerprint density at radius 1 is 0.920 bits per heavy atom. The molecule has 0 aliphatic heterocycles. The number of hydrogen-bond acceptors (Lipinski definition) is 3. The molecule has 0 radical (unpaired) electrons. The largest absolute Gasteiger partial charge is 0.322 e. The lowest BCUT2D eigenvalue weighted by molar-refractivity contribution is 0.102. The number of rotatable bonds is 4. The molecular weight excluding hydrogens is 314 g/mol. The lowest BCUT2D eigenvalue weighted by Crippen LogP contribution is -2.15. The third-order valence-corrected chi connectivity index (χ3v) is 3.78. The minimum Gasteiger partial charge on any atom is -0.322 e. The number of carbonyl (C=O) groups excluding carboxylic acids is 1. The van der Waals surface area contributed by atoms with Crippen LogP contribution in [0.5, 0.6) is 0 Å². The fraction of sp³-hybridized carbons (Fsp3) is 0. The van der Waals surface area contributed by atoms with Gasteiger partial charge in [0.25, 0.3) is 5.91 Å². The summed E-state index contributed by atoms with van der Waals surface area (Å²) < 4.78 is 3.63. The molecule has 0 aliphatic rings. The molecule has 0 atom stereocenters. The lowest BCUT2D eigenvalue weighted by Gasteiger charge is -2.11. The van der Waals surface area contributed by atoms with E-state index in [2.05, 4.69) is 15.4 Å². The van der Waals surface area contributed by atoms with E-state index >= 15 is 0 Å². The molecule has 3 aromatic heterocycles. The summed E-state index contributed by atoms with van der Waals surface area (Å²) in [4.78, 5) is 16.7. The van der Waals surface area contributed by atoms with Gasteiger partial charge in [-0.05, 0) is 36.4 Å². The number of anilines is 1. The van der Waals surface area contributed by atoms with Gasteiger partial charge in [-0.15, -0.1) is 0 Å². The first-order chi connectivity index (χ1) is 12.3. The monoisotopic (exact) mass is 329 g/mol. The van der Waals surface area contributed by atoms with Gasteiger partial charge in [0.2, 0.25) is 0 Å². The van der Waals surface area contributed by atoms with Crippen LogP contribution in [-0.4, -0.2) is 25.2 Å². The van der Waals surface area contributed by atoms with Gasteiger partial charge in [0, 0.05) is 30.5 Å². The fourth-order valence-corrected chi connectivity index (χ4v) is 2.62. The lowest BCUT2D eigenvalue weighted by atomic mass is 10.2. The summed E-state index contributed by atoms with van der Waals surface area (Å²) in [6, 6.07) is 17.0. The van der Waals surface area contributed by atoms with E-state index in [9.17, 15) is 4.79 Å². The van der Waals surface area contributed by atoms with Gasteiger partial charge in [-0.1, -0.05) is 18.2 Å². The summed E-state index contributed by atoms with van der Waals surface area (Å²) >= 11 is 0. The quantitative estimate of drug-likeness (QED) is 0.625. The van der Waals surface area contributed by atoms with Crippen molar-refractivity contribution in [2.24, 2.45) is 0 Å². The summed E-state index contributed by atoms with van der Waals surface area (Å²) in [6.07, 6.45) is 8.63. The summed E-state index contributed by atoms with van der Waals surface area (Å²) in [7, 11) is 0. The van der Waals surface area contributed by atoms with Crippen molar-refractivity contribution in [2.45, 2.75) is 0 Å². The molecule has 0 unspecified atom stereocenters. The van der Waals surface area contributed by atoms with Crippen LogP contribution >= 0.6 is 0 Å². The van der Waals surface area contributed by atoms with Crippen LogP contribution in [0.1, 0.15) is 10.4 Å². The molecule has 6 nitrogen and oxygen atoms in total. The van der Waals surface area contributed by atoms with Crippen LogP contribution in [0.4, 0.5) is 5.69 Å². The van der Waals surface area contributed by atoms with E-state index in [1.165, 1.54) is 0 Å². The Morgan fingerprint density at radius 3 is 2.36 bits per heavy atom. The van der Waals surface area contributed by atoms with E-state index in [4.69, 9.17) is 0 Å². The summed E-state index contributed by atoms with van der Waals surface area (Å²) in [5, 5.41) is 7.31. The molecular formula is C19H15N5O. The first-order valence-corrected chi connectivity index (χ1v) is 7.81. The van der Waals surface area contributed by atoms with Gasteiger partial charge in [-0.25, -0.2) is 4.68 Å². The molecule has 0 fully saturated rings. The molecule has 1 amide bonds. The Morgan fingerprint density at radius 2 is 1.64 bits per heavy atom. The summed E-state index contributed by atoms with van der Waals surface area (Å²) in [6.45, 7) is 0. The van der Waals surface area contributed by atoms with Gasteiger partial charge < -0.3 is 9.88 Å². The maximum absolute atomic E-state index is 12.8. The number of nitrogens with zero attached hydrogens (tertiary/aromatic N) is 4. The maximum atomic E-state index is 12.8. The smallest absolute Gasteiger partial charge is 0.261 e. The Kier molecular flexibility index (Phi) is 3.84. The van der Waals surface area contributed by atoms with Gasteiger partial charge in [-0.2, -0.15) is 5.10 Å². The molecule has 3 heterocycles. The van der Waals surface area contributed by atoms with Gasteiger partial charge in [-0.3, -0.25) is 9.78 Å². The zero-order valence-corrected chi connectivity index (χ0v) is 13.3. The molecule has 0 aliphatic carbocycles. The van der Waals surface area contributed by atoms with Crippen molar-refractivity contribution in [3.8, 4) is 11.5 Å². The van der Waals surface area contributed by atoms with Crippen molar-refractivity contribution >= 4 is 11.6 Å². The molecule has 4 aromatic rings. The van der Waals surface area contributed by atoms with Crippen LogP contribution in [-0.2, 0) is 0 Å². The van der Waals surface area contributed by atoms with E-state index < -0.39 is 0 Å². The maximum Gasteiger partial charge on any atom is 0.261 e. The minimum atomic E-state index is -0.225. The number of amides is 1. The summed E-state index contributed by atoms with van der Waals surface area (Å²) in [5.41, 5.74) is 2.05. The van der Waals surface area contributed by atoms with Crippen LogP contribution < -0.4 is 5.32 Å². The van der Waals surface area contributed by atoms with Crippen LogP contribution in [0.15, 0.2) is 85.6 Å². The number of nitrogens with one attached hydrogen (secondary N) is 1. The Bertz CT molecular complexity index is 975. The van der Waals surface area contributed by atoms with Crippen LogP contribution in [0.2, 0.25) is 0 Å². The van der Waals surface area contributed by atoms with Gasteiger partial charge in [0.15, 0.2) is 5.82 Å². The van der Waals surface area contributed by atoms with Crippen molar-refractivity contribution in [3.63, 3.8) is 0 Å². The second-order valence-corrected chi connectivity index (χ2v) is 5.41. The molecule has 0 spiro atoms. The van der Waals surface area contributed by atoms with Crippen LogP contribution in [0.25, 0.3) is 11.5 Å². The summed E-state index contributed by atoms with van der Waals surface area (Å²) in [5.74, 6) is 0.458. The molecule has 122 valence electrons. The first-order valence-electron chi connectivity index (χ1n) is 7.81. The highest BCUT2D eigenvalue weighted by molar-refractivity contribution is 6.06. The average Bonchev–Trinajstić information content (AvgIpc) is 3.32. The standard InChI is InChI=1S/C19H15N5O/c25-18(22-15-8-10-20-11-9-15)17-14-21-24(16-6-2-1-3-7-16)19(17)23-12-4-5-13-23/h1-14H,(H,20,22,25). The predicted molar refractivity (Wildman–Crippen MR) is 95.1 cm³/mol. The normalized spacial score (nSPS) is 10.6. The third-order valence-electron chi connectivity index (χ3n) is 3.78. The molecule has 25 heavy (non-hydrogen) atoms. The highest BCUT2D eigenvalue weighted by Crippen LogP contribution is 2.20. The number of carbonyl (C=O) groups is 1. The van der Waals surface area contributed by atoms with E-state index in [1.54, 1.807) is 35.4 Å². The highest BCUT2D eigenvalue weighted by Gasteiger charge is 2.19. The van der Waals surface area contributed by atoms with Crippen molar-refractivity contribution in [3.05, 3.63) is 91.1 Å². The van der Waals surface area contributed by atoms with Crippen LogP contribution in [0.3, 0.4) is 0 Å². The zero-order chi connectivity index (χ0) is 17.1. The molecule has 1 N–H and O–H groups in total. The predicted octanol–water partition coefficient (Wildman–Crippen LogP) is 3.31. The van der Waals surface area contributed by atoms with E-state index in [1.807, 2.05) is 59.4 Å². The number of benzene rings is 1. The minimum absolute atomic E-state index is 0.225. The molecule has 0 saturated carbocycles. The fourth-order valence-electron chi connectivity index (χ4n) is 2.62. The molecule has 1 aromatic carbocycles. The first kappa shape index (κ1) is 14.9. The number of aromatic nitrogens is 4. The Labute approximate surface area is 144 Å². The second kappa shape index (κ2) is 6.45. The third kappa shape index (κ3) is 2.92. The zero-order valence-electron chi connectivity index (χ0n) is 13.3. The van der Waals surface area contributed by atoms with Crippen molar-refractivity contribution < 1.29 is 4.79 Å². The van der Waals surface area contributed by atoms with E-state index in [0.717, 1.165) is 5.69 Å². The van der Waals surface area contributed by atoms with Crippen molar-refractivity contribution in [1.82, 2.24) is 19.3 Å². The van der Waals surface area contributed by atoms with Gasteiger partial charge >= 0.3 is 0 Å². The molecule has 4 rings (SSSR count). The number of hydrogen-bond donors (Lipinski definition) is 1. The molecule has 6 heteroatoms.